The molecule has 18 heavy (non-hydrogen) atoms. The molecule has 0 fully saturated rings. The highest BCUT2D eigenvalue weighted by molar-refractivity contribution is 9.10. The van der Waals surface area contributed by atoms with Crippen molar-refractivity contribution in [1.29, 1.82) is 0 Å². The molecular formula is C15H14BrFO. The van der Waals surface area contributed by atoms with Crippen LogP contribution in [-0.4, -0.2) is 5.11 Å². The van der Waals surface area contributed by atoms with Crippen LogP contribution >= 0.6 is 15.9 Å². The van der Waals surface area contributed by atoms with Crippen molar-refractivity contribution in [3.05, 3.63) is 68.9 Å². The Labute approximate surface area is 114 Å². The molecule has 2 aromatic rings. The van der Waals surface area contributed by atoms with Crippen LogP contribution in [0.4, 0.5) is 4.39 Å². The van der Waals surface area contributed by atoms with Crippen molar-refractivity contribution in [2.24, 2.45) is 0 Å². The van der Waals surface area contributed by atoms with Crippen molar-refractivity contribution < 1.29 is 9.50 Å². The fourth-order valence-electron chi connectivity index (χ4n) is 2.01. The van der Waals surface area contributed by atoms with Gasteiger partial charge in [0.05, 0.1) is 0 Å². The molecule has 0 bridgehead atoms. The molecular weight excluding hydrogens is 295 g/mol. The molecule has 1 unspecified atom stereocenters. The molecule has 0 aromatic heterocycles. The maximum atomic E-state index is 13.4. The molecule has 0 amide bonds. The summed E-state index contributed by atoms with van der Waals surface area (Å²) in [5, 5.41) is 10.4. The number of hydrogen-bond donors (Lipinski definition) is 1. The molecule has 0 saturated carbocycles. The summed E-state index contributed by atoms with van der Waals surface area (Å²) < 4.78 is 14.3. The van der Waals surface area contributed by atoms with E-state index >= 15 is 0 Å². The van der Waals surface area contributed by atoms with Crippen LogP contribution in [0.1, 0.15) is 28.4 Å². The van der Waals surface area contributed by atoms with Gasteiger partial charge in [-0.3, -0.25) is 0 Å². The lowest BCUT2D eigenvalue weighted by atomic mass is 9.96. The van der Waals surface area contributed by atoms with Gasteiger partial charge in [-0.25, -0.2) is 4.39 Å². The van der Waals surface area contributed by atoms with E-state index in [2.05, 4.69) is 15.9 Å². The first-order chi connectivity index (χ1) is 8.47. The van der Waals surface area contributed by atoms with Crippen molar-refractivity contribution in [3.63, 3.8) is 0 Å². The smallest absolute Gasteiger partial charge is 0.123 e. The van der Waals surface area contributed by atoms with E-state index in [0.717, 1.165) is 21.2 Å². The van der Waals surface area contributed by atoms with E-state index in [1.165, 1.54) is 12.1 Å². The standard InChI is InChI=1S/C15H14BrFO/c1-9-5-11(7-13(17)6-9)15(18)14-8-12(16)4-3-10(14)2/h3-8,15,18H,1-2H3. The Kier molecular flexibility index (Phi) is 3.83. The van der Waals surface area contributed by atoms with Crippen molar-refractivity contribution in [2.45, 2.75) is 20.0 Å². The number of aryl methyl sites for hydroxylation is 2. The molecule has 94 valence electrons. The number of aliphatic hydroxyl groups excluding tert-OH is 1. The van der Waals surface area contributed by atoms with Gasteiger partial charge >= 0.3 is 0 Å². The zero-order valence-corrected chi connectivity index (χ0v) is 11.8. The van der Waals surface area contributed by atoms with Crippen LogP contribution in [-0.2, 0) is 0 Å². The third-order valence-corrected chi connectivity index (χ3v) is 3.41. The van der Waals surface area contributed by atoms with Gasteiger partial charge in [-0.2, -0.15) is 0 Å². The molecule has 1 nitrogen and oxygen atoms in total. The number of benzene rings is 2. The summed E-state index contributed by atoms with van der Waals surface area (Å²) in [6.07, 6.45) is -0.808. The summed E-state index contributed by atoms with van der Waals surface area (Å²) in [5.41, 5.74) is 3.15. The Hall–Kier alpha value is -1.19. The highest BCUT2D eigenvalue weighted by atomic mass is 79.9. The van der Waals surface area contributed by atoms with Crippen LogP contribution in [0, 0.1) is 19.7 Å². The fraction of sp³-hybridized carbons (Fsp3) is 0.200. The summed E-state index contributed by atoms with van der Waals surface area (Å²) in [7, 11) is 0. The molecule has 2 rings (SSSR count). The molecule has 1 atom stereocenters. The lowest BCUT2D eigenvalue weighted by Gasteiger charge is -2.15. The minimum Gasteiger partial charge on any atom is -0.384 e. The van der Waals surface area contributed by atoms with Gasteiger partial charge in [0.15, 0.2) is 0 Å². The minimum atomic E-state index is -0.808. The summed E-state index contributed by atoms with van der Waals surface area (Å²) in [6, 6.07) is 10.3. The quantitative estimate of drug-likeness (QED) is 0.877. The summed E-state index contributed by atoms with van der Waals surface area (Å²) >= 11 is 3.38. The van der Waals surface area contributed by atoms with E-state index in [1.807, 2.05) is 32.0 Å². The Bertz CT molecular complexity index is 560. The number of hydrogen-bond acceptors (Lipinski definition) is 1. The second-order valence-electron chi connectivity index (χ2n) is 4.47. The molecule has 0 aliphatic heterocycles. The van der Waals surface area contributed by atoms with E-state index in [0.29, 0.717) is 5.56 Å². The second kappa shape index (κ2) is 5.21. The highest BCUT2D eigenvalue weighted by Crippen LogP contribution is 2.28. The SMILES string of the molecule is Cc1cc(F)cc(C(O)c2cc(Br)ccc2C)c1. The van der Waals surface area contributed by atoms with E-state index in [9.17, 15) is 9.50 Å². The zero-order valence-electron chi connectivity index (χ0n) is 10.2. The lowest BCUT2D eigenvalue weighted by molar-refractivity contribution is 0.219. The summed E-state index contributed by atoms with van der Waals surface area (Å²) in [6.45, 7) is 3.74. The van der Waals surface area contributed by atoms with Crippen molar-refractivity contribution >= 4 is 15.9 Å². The van der Waals surface area contributed by atoms with Gasteiger partial charge in [0.2, 0.25) is 0 Å². The lowest BCUT2D eigenvalue weighted by Crippen LogP contribution is -2.03. The molecule has 0 heterocycles. The van der Waals surface area contributed by atoms with Crippen LogP contribution in [0.3, 0.4) is 0 Å². The van der Waals surface area contributed by atoms with E-state index in [1.54, 1.807) is 6.07 Å². The largest absolute Gasteiger partial charge is 0.384 e. The van der Waals surface area contributed by atoms with Crippen LogP contribution in [0.5, 0.6) is 0 Å². The molecule has 0 saturated heterocycles. The molecule has 0 spiro atoms. The molecule has 0 radical (unpaired) electrons. The summed E-state index contributed by atoms with van der Waals surface area (Å²) in [5.74, 6) is -0.323. The van der Waals surface area contributed by atoms with E-state index < -0.39 is 6.10 Å². The van der Waals surface area contributed by atoms with Gasteiger partial charge in [-0.15, -0.1) is 0 Å². The Balaban J connectivity index is 2.47. The van der Waals surface area contributed by atoms with Crippen molar-refractivity contribution in [2.75, 3.05) is 0 Å². The monoisotopic (exact) mass is 308 g/mol. The van der Waals surface area contributed by atoms with Crippen LogP contribution < -0.4 is 0 Å². The molecule has 1 N–H and O–H groups in total. The van der Waals surface area contributed by atoms with E-state index in [4.69, 9.17) is 0 Å². The third-order valence-electron chi connectivity index (χ3n) is 2.92. The number of halogens is 2. The fourth-order valence-corrected chi connectivity index (χ4v) is 2.39. The zero-order chi connectivity index (χ0) is 13.3. The molecule has 2 aromatic carbocycles. The van der Waals surface area contributed by atoms with Gasteiger partial charge in [-0.1, -0.05) is 28.1 Å². The normalized spacial score (nSPS) is 12.5. The predicted octanol–water partition coefficient (Wildman–Crippen LogP) is 4.29. The van der Waals surface area contributed by atoms with Gasteiger partial charge < -0.3 is 5.11 Å². The Morgan fingerprint density at radius 2 is 1.83 bits per heavy atom. The number of aliphatic hydroxyl groups is 1. The van der Waals surface area contributed by atoms with Crippen LogP contribution in [0.15, 0.2) is 40.9 Å². The second-order valence-corrected chi connectivity index (χ2v) is 5.38. The Morgan fingerprint density at radius 1 is 1.11 bits per heavy atom. The maximum Gasteiger partial charge on any atom is 0.123 e. The predicted molar refractivity (Wildman–Crippen MR) is 74.1 cm³/mol. The highest BCUT2D eigenvalue weighted by Gasteiger charge is 2.14. The van der Waals surface area contributed by atoms with Crippen molar-refractivity contribution in [1.82, 2.24) is 0 Å². The van der Waals surface area contributed by atoms with Gasteiger partial charge in [0.1, 0.15) is 11.9 Å². The minimum absolute atomic E-state index is 0.323. The van der Waals surface area contributed by atoms with Gasteiger partial charge in [0.25, 0.3) is 0 Å². The van der Waals surface area contributed by atoms with Crippen LogP contribution in [0.2, 0.25) is 0 Å². The number of rotatable bonds is 2. The van der Waals surface area contributed by atoms with E-state index in [-0.39, 0.29) is 5.82 Å². The maximum absolute atomic E-state index is 13.4. The Morgan fingerprint density at radius 3 is 2.50 bits per heavy atom. The first-order valence-corrected chi connectivity index (χ1v) is 6.48. The first-order valence-electron chi connectivity index (χ1n) is 5.68. The van der Waals surface area contributed by atoms with Crippen molar-refractivity contribution in [3.8, 4) is 0 Å². The summed E-state index contributed by atoms with van der Waals surface area (Å²) in [4.78, 5) is 0. The van der Waals surface area contributed by atoms with Crippen LogP contribution in [0.25, 0.3) is 0 Å². The molecule has 0 aliphatic rings. The third kappa shape index (κ3) is 2.79. The van der Waals surface area contributed by atoms with Gasteiger partial charge in [-0.05, 0) is 60.4 Å². The average Bonchev–Trinajstić information content (AvgIpc) is 2.30. The van der Waals surface area contributed by atoms with Gasteiger partial charge in [0, 0.05) is 4.47 Å². The molecule has 3 heteroatoms. The first kappa shape index (κ1) is 13.2. The topological polar surface area (TPSA) is 20.2 Å². The average molecular weight is 309 g/mol. The molecule has 0 aliphatic carbocycles.